The van der Waals surface area contributed by atoms with E-state index in [-0.39, 0.29) is 36.7 Å². The van der Waals surface area contributed by atoms with Crippen LogP contribution in [0.1, 0.15) is 34.8 Å². The molecule has 0 bridgehead atoms. The number of pyridine rings is 1. The van der Waals surface area contributed by atoms with Gasteiger partial charge in [-0.25, -0.2) is 9.67 Å². The van der Waals surface area contributed by atoms with Gasteiger partial charge in [-0.15, -0.1) is 24.8 Å². The van der Waals surface area contributed by atoms with Crippen LogP contribution in [0.4, 0.5) is 0 Å². The highest BCUT2D eigenvalue weighted by molar-refractivity contribution is 6.03. The minimum atomic E-state index is -0.469. The van der Waals surface area contributed by atoms with Gasteiger partial charge in [0.15, 0.2) is 11.8 Å². The van der Waals surface area contributed by atoms with Gasteiger partial charge in [0.05, 0.1) is 17.5 Å². The molecule has 1 saturated carbocycles. The Morgan fingerprint density at radius 1 is 1.15 bits per heavy atom. The maximum absolute atomic E-state index is 12.3. The lowest BCUT2D eigenvalue weighted by atomic mass is 10.1. The molecule has 1 amide bonds. The Morgan fingerprint density at radius 3 is 2.58 bits per heavy atom. The molecule has 0 spiro atoms. The van der Waals surface area contributed by atoms with Crippen molar-refractivity contribution in [2.75, 3.05) is 0 Å². The summed E-state index contributed by atoms with van der Waals surface area (Å²) in [7, 11) is 0. The molecule has 4 rings (SSSR count). The number of carbonyl (C=O) groups is 1. The summed E-state index contributed by atoms with van der Waals surface area (Å²) in [6, 6.07) is 9.90. The average Bonchev–Trinajstić information content (AvgIpc) is 3.32. The average molecular weight is 393 g/mol. The third kappa shape index (κ3) is 3.49. The van der Waals surface area contributed by atoms with Crippen molar-refractivity contribution in [1.29, 1.82) is 0 Å². The zero-order valence-electron chi connectivity index (χ0n) is 13.7. The molecular formula is C17H18Cl2N6O. The van der Waals surface area contributed by atoms with E-state index < -0.39 is 5.91 Å². The summed E-state index contributed by atoms with van der Waals surface area (Å²) in [4.78, 5) is 20.4. The largest absolute Gasteiger partial charge is 0.370 e. The van der Waals surface area contributed by atoms with Gasteiger partial charge in [0.1, 0.15) is 0 Å². The molecule has 136 valence electrons. The lowest BCUT2D eigenvalue weighted by Crippen LogP contribution is -2.24. The van der Waals surface area contributed by atoms with Gasteiger partial charge in [-0.1, -0.05) is 24.3 Å². The van der Waals surface area contributed by atoms with E-state index in [0.717, 1.165) is 29.3 Å². The van der Waals surface area contributed by atoms with Crippen molar-refractivity contribution in [3.05, 3.63) is 54.0 Å². The molecule has 26 heavy (non-hydrogen) atoms. The van der Waals surface area contributed by atoms with Crippen molar-refractivity contribution in [1.82, 2.24) is 14.8 Å². The van der Waals surface area contributed by atoms with E-state index >= 15 is 0 Å². The van der Waals surface area contributed by atoms with Crippen molar-refractivity contribution in [3.63, 3.8) is 0 Å². The maximum Gasteiger partial charge on any atom is 0.283 e. The number of nitrogens with zero attached hydrogens (tertiary/aromatic N) is 4. The van der Waals surface area contributed by atoms with Gasteiger partial charge in [0.25, 0.3) is 5.91 Å². The molecule has 4 N–H and O–H groups in total. The van der Waals surface area contributed by atoms with Gasteiger partial charge in [-0.3, -0.25) is 4.79 Å². The van der Waals surface area contributed by atoms with Crippen molar-refractivity contribution in [2.24, 2.45) is 16.5 Å². The number of halogens is 2. The second-order valence-corrected chi connectivity index (χ2v) is 5.83. The first-order chi connectivity index (χ1) is 11.6. The number of carbonyl (C=O) groups excluding carboxylic acids is 1. The van der Waals surface area contributed by atoms with Crippen LogP contribution in [-0.4, -0.2) is 26.6 Å². The second kappa shape index (κ2) is 7.72. The van der Waals surface area contributed by atoms with E-state index in [2.05, 4.69) is 15.1 Å². The molecule has 0 radical (unpaired) electrons. The van der Waals surface area contributed by atoms with Crippen LogP contribution in [0, 0.1) is 0 Å². The summed E-state index contributed by atoms with van der Waals surface area (Å²) in [6.07, 6.45) is 5.29. The van der Waals surface area contributed by atoms with Crippen molar-refractivity contribution in [3.8, 4) is 5.82 Å². The highest BCUT2D eigenvalue weighted by atomic mass is 35.5. The molecule has 0 aliphatic heterocycles. The third-order valence-corrected chi connectivity index (χ3v) is 4.08. The second-order valence-electron chi connectivity index (χ2n) is 5.83. The predicted molar refractivity (Wildman–Crippen MR) is 105 cm³/mol. The molecule has 0 atom stereocenters. The summed E-state index contributed by atoms with van der Waals surface area (Å²) >= 11 is 0. The number of amides is 1. The molecule has 9 heteroatoms. The van der Waals surface area contributed by atoms with Crippen molar-refractivity contribution >= 4 is 47.5 Å². The van der Waals surface area contributed by atoms with E-state index in [9.17, 15) is 4.79 Å². The fraction of sp³-hybridized carbons (Fsp3) is 0.176. The van der Waals surface area contributed by atoms with Crippen LogP contribution < -0.4 is 11.5 Å². The number of fused-ring (bicyclic) bond motifs is 1. The van der Waals surface area contributed by atoms with Gasteiger partial charge in [-0.2, -0.15) is 10.1 Å². The molecule has 1 fully saturated rings. The van der Waals surface area contributed by atoms with Crippen LogP contribution >= 0.6 is 24.8 Å². The fourth-order valence-corrected chi connectivity index (χ4v) is 2.89. The predicted octanol–water partition coefficient (Wildman–Crippen LogP) is 2.56. The van der Waals surface area contributed by atoms with Crippen LogP contribution in [0.25, 0.3) is 16.6 Å². The lowest BCUT2D eigenvalue weighted by molar-refractivity contribution is 0.100. The Kier molecular flexibility index (Phi) is 5.84. The van der Waals surface area contributed by atoms with E-state index in [1.54, 1.807) is 10.9 Å². The molecule has 1 aliphatic carbocycles. The van der Waals surface area contributed by atoms with E-state index in [4.69, 9.17) is 11.5 Å². The molecule has 7 nitrogen and oxygen atoms in total. The van der Waals surface area contributed by atoms with Crippen molar-refractivity contribution in [2.45, 2.75) is 18.8 Å². The van der Waals surface area contributed by atoms with Gasteiger partial charge in [-0.05, 0) is 24.3 Å². The number of rotatable bonds is 3. The SMILES string of the molecule is Cl.Cl.NC(N)=NC(=O)c1cnn(-c2nccc3ccccc23)c1C1CC1. The van der Waals surface area contributed by atoms with Gasteiger partial charge >= 0.3 is 0 Å². The van der Waals surface area contributed by atoms with Crippen LogP contribution in [0.2, 0.25) is 0 Å². The minimum absolute atomic E-state index is 0. The number of guanidine groups is 1. The highest BCUT2D eigenvalue weighted by Gasteiger charge is 2.33. The van der Waals surface area contributed by atoms with Gasteiger partial charge in [0.2, 0.25) is 0 Å². The molecule has 3 aromatic rings. The smallest absolute Gasteiger partial charge is 0.283 e. The number of aliphatic imine (C=N–C) groups is 1. The van der Waals surface area contributed by atoms with Gasteiger partial charge < -0.3 is 11.5 Å². The van der Waals surface area contributed by atoms with Gasteiger partial charge in [0, 0.05) is 17.5 Å². The van der Waals surface area contributed by atoms with Crippen LogP contribution in [0.3, 0.4) is 0 Å². The lowest BCUT2D eigenvalue weighted by Gasteiger charge is -2.09. The molecule has 1 aromatic carbocycles. The number of nitrogens with two attached hydrogens (primary N) is 2. The molecular weight excluding hydrogens is 375 g/mol. The summed E-state index contributed by atoms with van der Waals surface area (Å²) in [5.41, 5.74) is 11.9. The maximum atomic E-state index is 12.3. The zero-order valence-corrected chi connectivity index (χ0v) is 15.3. The molecule has 2 aromatic heterocycles. The monoisotopic (exact) mass is 392 g/mol. The molecule has 1 aliphatic rings. The van der Waals surface area contributed by atoms with E-state index in [1.807, 2.05) is 30.3 Å². The summed E-state index contributed by atoms with van der Waals surface area (Å²) in [5.74, 6) is 0.265. The fourth-order valence-electron chi connectivity index (χ4n) is 2.89. The zero-order chi connectivity index (χ0) is 16.7. The van der Waals surface area contributed by atoms with Crippen LogP contribution in [-0.2, 0) is 0 Å². The Hall–Kier alpha value is -2.64. The summed E-state index contributed by atoms with van der Waals surface area (Å²) in [5, 5.41) is 6.45. The minimum Gasteiger partial charge on any atom is -0.370 e. The number of hydrogen-bond acceptors (Lipinski definition) is 3. The Balaban J connectivity index is 0.00000121. The number of aromatic nitrogens is 3. The van der Waals surface area contributed by atoms with E-state index in [0.29, 0.717) is 11.4 Å². The molecule has 0 saturated heterocycles. The first-order valence-corrected chi connectivity index (χ1v) is 7.71. The van der Waals surface area contributed by atoms with Crippen molar-refractivity contribution < 1.29 is 4.79 Å². The third-order valence-electron chi connectivity index (χ3n) is 4.08. The Labute approximate surface area is 162 Å². The quantitative estimate of drug-likeness (QED) is 0.525. The van der Waals surface area contributed by atoms with E-state index in [1.165, 1.54) is 6.20 Å². The normalized spacial score (nSPS) is 12.8. The van der Waals surface area contributed by atoms with Crippen LogP contribution in [0.5, 0.6) is 0 Å². The molecule has 2 heterocycles. The molecule has 0 unspecified atom stereocenters. The highest BCUT2D eigenvalue weighted by Crippen LogP contribution is 2.43. The Bertz CT molecular complexity index is 971. The number of benzene rings is 1. The summed E-state index contributed by atoms with van der Waals surface area (Å²) in [6.45, 7) is 0. The standard InChI is InChI=1S/C17H16N6O.2ClH/c18-17(19)22-16(24)13-9-21-23(14(13)11-5-6-11)15-12-4-2-1-3-10(12)7-8-20-15;;/h1-4,7-9,11H,5-6H2,(H4,18,19,22,24);2*1H. The summed E-state index contributed by atoms with van der Waals surface area (Å²) < 4.78 is 1.75. The van der Waals surface area contributed by atoms with Crippen LogP contribution in [0.15, 0.2) is 47.7 Å². The number of hydrogen-bond donors (Lipinski definition) is 2. The first-order valence-electron chi connectivity index (χ1n) is 7.71. The topological polar surface area (TPSA) is 112 Å². The first kappa shape index (κ1) is 19.7. The Morgan fingerprint density at radius 2 is 1.88 bits per heavy atom.